The van der Waals surface area contributed by atoms with Crippen LogP contribution in [0.2, 0.25) is 0 Å². The fourth-order valence-corrected chi connectivity index (χ4v) is 2.46. The van der Waals surface area contributed by atoms with Crippen molar-refractivity contribution >= 4 is 0 Å². The highest BCUT2D eigenvalue weighted by atomic mass is 16.3. The zero-order valence-electron chi connectivity index (χ0n) is 13.3. The quantitative estimate of drug-likeness (QED) is 0.789. The number of β-amino-alcohol motifs (C(OH)–C–C–N with tert-alkyl or cyclic N) is 1. The normalized spacial score (nSPS) is 21.6. The zero-order chi connectivity index (χ0) is 14.7. The molecule has 0 aliphatic carbocycles. The Balaban J connectivity index is 2.24. The van der Waals surface area contributed by atoms with Crippen molar-refractivity contribution < 1.29 is 10.2 Å². The molecule has 0 radical (unpaired) electrons. The zero-order valence-corrected chi connectivity index (χ0v) is 13.3. The molecule has 0 aromatic heterocycles. The largest absolute Gasteiger partial charge is 0.393 e. The molecule has 0 saturated carbocycles. The minimum absolute atomic E-state index is 0.0251. The molecule has 1 rings (SSSR count). The first-order valence-electron chi connectivity index (χ1n) is 7.43. The number of hydrogen-bond acceptors (Lipinski definition) is 4. The minimum atomic E-state index is -0.607. The van der Waals surface area contributed by atoms with E-state index in [1.165, 1.54) is 0 Å². The first-order valence-corrected chi connectivity index (χ1v) is 7.43. The molecule has 1 heterocycles. The van der Waals surface area contributed by atoms with Crippen LogP contribution in [0.5, 0.6) is 0 Å². The third kappa shape index (κ3) is 6.70. The summed E-state index contributed by atoms with van der Waals surface area (Å²) in [5, 5.41) is 19.9. The second-order valence-corrected chi connectivity index (χ2v) is 7.60. The molecular formula is C15H32N2O2. The molecule has 114 valence electrons. The van der Waals surface area contributed by atoms with E-state index >= 15 is 0 Å². The summed E-state index contributed by atoms with van der Waals surface area (Å²) < 4.78 is 0. The van der Waals surface area contributed by atoms with Gasteiger partial charge in [0.05, 0.1) is 11.7 Å². The minimum Gasteiger partial charge on any atom is -0.393 e. The van der Waals surface area contributed by atoms with Gasteiger partial charge in [-0.3, -0.25) is 4.90 Å². The van der Waals surface area contributed by atoms with Crippen molar-refractivity contribution in [3.05, 3.63) is 0 Å². The number of piperazine rings is 1. The standard InChI is InChI=1S/C15H32N2O2/c1-14(2,3)13(18)6-7-16-8-10-17(11-9-16)12-15(4,5)19/h13,18-19H,6-12H2,1-5H3. The van der Waals surface area contributed by atoms with E-state index in [0.29, 0.717) is 0 Å². The Morgan fingerprint density at radius 1 is 0.947 bits per heavy atom. The van der Waals surface area contributed by atoms with Gasteiger partial charge in [0.25, 0.3) is 0 Å². The second kappa shape index (κ2) is 6.53. The van der Waals surface area contributed by atoms with Gasteiger partial charge in [0.1, 0.15) is 0 Å². The van der Waals surface area contributed by atoms with Gasteiger partial charge in [-0.15, -0.1) is 0 Å². The maximum absolute atomic E-state index is 10.1. The SMILES string of the molecule is CC(C)(O)CN1CCN(CCC(O)C(C)(C)C)CC1. The molecule has 0 aromatic carbocycles. The number of hydrogen-bond donors (Lipinski definition) is 2. The van der Waals surface area contributed by atoms with Crippen LogP contribution in [0.1, 0.15) is 41.0 Å². The number of aliphatic hydroxyl groups is 2. The fourth-order valence-electron chi connectivity index (χ4n) is 2.46. The van der Waals surface area contributed by atoms with Crippen molar-refractivity contribution in [2.75, 3.05) is 39.3 Å². The molecule has 1 aliphatic heterocycles. The van der Waals surface area contributed by atoms with Crippen LogP contribution in [0.25, 0.3) is 0 Å². The third-order valence-corrected chi connectivity index (χ3v) is 3.79. The average molecular weight is 272 g/mol. The van der Waals surface area contributed by atoms with Crippen LogP contribution in [-0.4, -0.2) is 71.0 Å². The summed E-state index contributed by atoms with van der Waals surface area (Å²) in [5.74, 6) is 0. The van der Waals surface area contributed by atoms with Gasteiger partial charge >= 0.3 is 0 Å². The van der Waals surface area contributed by atoms with Crippen LogP contribution < -0.4 is 0 Å². The van der Waals surface area contributed by atoms with Crippen molar-refractivity contribution in [2.45, 2.75) is 52.7 Å². The van der Waals surface area contributed by atoms with Gasteiger partial charge in [-0.25, -0.2) is 0 Å². The molecule has 1 saturated heterocycles. The van der Waals surface area contributed by atoms with Crippen LogP contribution in [0.3, 0.4) is 0 Å². The van der Waals surface area contributed by atoms with Crippen molar-refractivity contribution in [1.82, 2.24) is 9.80 Å². The molecule has 4 nitrogen and oxygen atoms in total. The molecule has 1 fully saturated rings. The van der Waals surface area contributed by atoms with E-state index in [1.807, 2.05) is 13.8 Å². The van der Waals surface area contributed by atoms with Crippen LogP contribution in [-0.2, 0) is 0 Å². The van der Waals surface area contributed by atoms with Gasteiger partial charge < -0.3 is 15.1 Å². The van der Waals surface area contributed by atoms with Gasteiger partial charge in [-0.2, -0.15) is 0 Å². The Kier molecular flexibility index (Phi) is 5.80. The topological polar surface area (TPSA) is 46.9 Å². The lowest BCUT2D eigenvalue weighted by atomic mass is 9.87. The van der Waals surface area contributed by atoms with Crippen molar-refractivity contribution in [3.8, 4) is 0 Å². The maximum Gasteiger partial charge on any atom is 0.0718 e. The van der Waals surface area contributed by atoms with E-state index in [2.05, 4.69) is 30.6 Å². The first-order chi connectivity index (χ1) is 8.58. The van der Waals surface area contributed by atoms with Crippen LogP contribution in [0.4, 0.5) is 0 Å². The third-order valence-electron chi connectivity index (χ3n) is 3.79. The number of aliphatic hydroxyl groups excluding tert-OH is 1. The van der Waals surface area contributed by atoms with Gasteiger partial charge in [0, 0.05) is 39.3 Å². The van der Waals surface area contributed by atoms with E-state index in [4.69, 9.17) is 0 Å². The second-order valence-electron chi connectivity index (χ2n) is 7.60. The fraction of sp³-hybridized carbons (Fsp3) is 1.00. The molecule has 19 heavy (non-hydrogen) atoms. The first kappa shape index (κ1) is 16.9. The Labute approximate surface area is 118 Å². The molecule has 1 aliphatic rings. The smallest absolute Gasteiger partial charge is 0.0718 e. The van der Waals surface area contributed by atoms with Gasteiger partial charge in [-0.05, 0) is 25.7 Å². The summed E-state index contributed by atoms with van der Waals surface area (Å²) in [7, 11) is 0. The lowest BCUT2D eigenvalue weighted by Crippen LogP contribution is -2.51. The Hall–Kier alpha value is -0.160. The monoisotopic (exact) mass is 272 g/mol. The average Bonchev–Trinajstić information content (AvgIpc) is 2.24. The van der Waals surface area contributed by atoms with E-state index in [-0.39, 0.29) is 11.5 Å². The molecule has 0 bridgehead atoms. The van der Waals surface area contributed by atoms with E-state index in [1.54, 1.807) is 0 Å². The molecule has 0 spiro atoms. The molecule has 0 amide bonds. The summed E-state index contributed by atoms with van der Waals surface area (Å²) in [5.41, 5.74) is -0.632. The lowest BCUT2D eigenvalue weighted by molar-refractivity contribution is 0.0101. The summed E-state index contributed by atoms with van der Waals surface area (Å²) in [6.45, 7) is 15.8. The Morgan fingerprint density at radius 3 is 1.84 bits per heavy atom. The predicted molar refractivity (Wildman–Crippen MR) is 79.3 cm³/mol. The molecule has 2 N–H and O–H groups in total. The van der Waals surface area contributed by atoms with Gasteiger partial charge in [0.15, 0.2) is 0 Å². The Bertz CT molecular complexity index is 260. The molecule has 1 atom stereocenters. The van der Waals surface area contributed by atoms with Crippen molar-refractivity contribution in [2.24, 2.45) is 5.41 Å². The summed E-state index contributed by atoms with van der Waals surface area (Å²) in [6, 6.07) is 0. The predicted octanol–water partition coefficient (Wildman–Crippen LogP) is 1.17. The van der Waals surface area contributed by atoms with E-state index in [0.717, 1.165) is 45.7 Å². The highest BCUT2D eigenvalue weighted by molar-refractivity contribution is 4.79. The van der Waals surface area contributed by atoms with E-state index < -0.39 is 5.60 Å². The number of rotatable bonds is 5. The molecule has 1 unspecified atom stereocenters. The molecular weight excluding hydrogens is 240 g/mol. The van der Waals surface area contributed by atoms with Gasteiger partial charge in [-0.1, -0.05) is 20.8 Å². The van der Waals surface area contributed by atoms with E-state index in [9.17, 15) is 10.2 Å². The molecule has 0 aromatic rings. The van der Waals surface area contributed by atoms with Crippen LogP contribution in [0.15, 0.2) is 0 Å². The Morgan fingerprint density at radius 2 is 1.42 bits per heavy atom. The highest BCUT2D eigenvalue weighted by Gasteiger charge is 2.25. The number of nitrogens with zero attached hydrogens (tertiary/aromatic N) is 2. The molecule has 4 heteroatoms. The summed E-state index contributed by atoms with van der Waals surface area (Å²) in [6.07, 6.45) is 0.608. The highest BCUT2D eigenvalue weighted by Crippen LogP contribution is 2.22. The van der Waals surface area contributed by atoms with Gasteiger partial charge in [0.2, 0.25) is 0 Å². The van der Waals surface area contributed by atoms with Crippen LogP contribution in [0, 0.1) is 5.41 Å². The summed E-state index contributed by atoms with van der Waals surface area (Å²) in [4.78, 5) is 4.73. The lowest BCUT2D eigenvalue weighted by Gasteiger charge is -2.38. The summed E-state index contributed by atoms with van der Waals surface area (Å²) >= 11 is 0. The maximum atomic E-state index is 10.1. The van der Waals surface area contributed by atoms with Crippen molar-refractivity contribution in [1.29, 1.82) is 0 Å². The van der Waals surface area contributed by atoms with Crippen molar-refractivity contribution in [3.63, 3.8) is 0 Å². The van der Waals surface area contributed by atoms with Crippen LogP contribution >= 0.6 is 0 Å².